The van der Waals surface area contributed by atoms with E-state index < -0.39 is 0 Å². The highest BCUT2D eigenvalue weighted by atomic mass is 16.3. The van der Waals surface area contributed by atoms with Crippen LogP contribution in [0.25, 0.3) is 11.0 Å². The van der Waals surface area contributed by atoms with Gasteiger partial charge >= 0.3 is 0 Å². The summed E-state index contributed by atoms with van der Waals surface area (Å²) in [6, 6.07) is 6.84. The molecule has 0 aliphatic heterocycles. The van der Waals surface area contributed by atoms with E-state index in [0.717, 1.165) is 17.9 Å². The molecule has 18 heavy (non-hydrogen) atoms. The van der Waals surface area contributed by atoms with Crippen LogP contribution < -0.4 is 5.32 Å². The summed E-state index contributed by atoms with van der Waals surface area (Å²) in [4.78, 5) is 0. The fourth-order valence-electron chi connectivity index (χ4n) is 2.42. The molecule has 1 N–H and O–H groups in total. The van der Waals surface area contributed by atoms with E-state index in [1.807, 2.05) is 0 Å². The third-order valence-corrected chi connectivity index (χ3v) is 3.49. The Morgan fingerprint density at radius 2 is 1.94 bits per heavy atom. The van der Waals surface area contributed by atoms with Gasteiger partial charge in [0.2, 0.25) is 0 Å². The van der Waals surface area contributed by atoms with Crippen molar-refractivity contribution in [2.75, 3.05) is 6.54 Å². The summed E-state index contributed by atoms with van der Waals surface area (Å²) in [6.07, 6.45) is 0. The lowest BCUT2D eigenvalue weighted by Gasteiger charge is -2.07. The number of rotatable bonds is 4. The molecule has 1 atom stereocenters. The minimum absolute atomic E-state index is 0.266. The van der Waals surface area contributed by atoms with Crippen LogP contribution in [0.1, 0.15) is 56.5 Å². The highest BCUT2D eigenvalue weighted by molar-refractivity contribution is 5.85. The van der Waals surface area contributed by atoms with E-state index >= 15 is 0 Å². The molecule has 0 bridgehead atoms. The zero-order valence-corrected chi connectivity index (χ0v) is 12.0. The normalized spacial score (nSPS) is 13.4. The molecule has 1 aromatic carbocycles. The first kappa shape index (κ1) is 13.2. The molecule has 1 unspecified atom stereocenters. The second kappa shape index (κ2) is 5.15. The van der Waals surface area contributed by atoms with Crippen molar-refractivity contribution in [2.24, 2.45) is 0 Å². The number of furan rings is 1. The second-order valence-electron chi connectivity index (χ2n) is 5.30. The third kappa shape index (κ3) is 2.30. The van der Waals surface area contributed by atoms with Crippen molar-refractivity contribution in [3.05, 3.63) is 35.1 Å². The molecule has 2 heteroatoms. The lowest BCUT2D eigenvalue weighted by molar-refractivity contribution is 0.458. The maximum atomic E-state index is 6.04. The highest BCUT2D eigenvalue weighted by Crippen LogP contribution is 2.32. The fraction of sp³-hybridized carbons (Fsp3) is 0.500. The molecule has 0 saturated heterocycles. The van der Waals surface area contributed by atoms with Crippen molar-refractivity contribution in [2.45, 2.75) is 46.6 Å². The maximum Gasteiger partial charge on any atom is 0.137 e. The number of hydrogen-bond acceptors (Lipinski definition) is 2. The highest BCUT2D eigenvalue weighted by Gasteiger charge is 2.15. The van der Waals surface area contributed by atoms with Crippen molar-refractivity contribution in [1.29, 1.82) is 0 Å². The average molecular weight is 245 g/mol. The van der Waals surface area contributed by atoms with Gasteiger partial charge in [0.15, 0.2) is 0 Å². The van der Waals surface area contributed by atoms with Gasteiger partial charge in [0.25, 0.3) is 0 Å². The van der Waals surface area contributed by atoms with Gasteiger partial charge in [-0.25, -0.2) is 0 Å². The van der Waals surface area contributed by atoms with Gasteiger partial charge in [-0.2, -0.15) is 0 Å². The molecular weight excluding hydrogens is 222 g/mol. The van der Waals surface area contributed by atoms with Crippen LogP contribution in [0.4, 0.5) is 0 Å². The number of fused-ring (bicyclic) bond motifs is 1. The van der Waals surface area contributed by atoms with E-state index in [1.165, 1.54) is 16.5 Å². The van der Waals surface area contributed by atoms with Crippen molar-refractivity contribution >= 4 is 11.0 Å². The van der Waals surface area contributed by atoms with Crippen LogP contribution in [0.3, 0.4) is 0 Å². The molecule has 0 saturated carbocycles. The lowest BCUT2D eigenvalue weighted by Crippen LogP contribution is -2.16. The molecule has 1 heterocycles. The summed E-state index contributed by atoms with van der Waals surface area (Å²) in [5, 5.41) is 4.67. The van der Waals surface area contributed by atoms with Gasteiger partial charge in [0, 0.05) is 5.39 Å². The molecular formula is C16H23NO. The molecule has 98 valence electrons. The van der Waals surface area contributed by atoms with E-state index in [4.69, 9.17) is 4.42 Å². The van der Waals surface area contributed by atoms with Gasteiger partial charge < -0.3 is 9.73 Å². The predicted molar refractivity (Wildman–Crippen MR) is 77.1 cm³/mol. The van der Waals surface area contributed by atoms with Gasteiger partial charge in [0.1, 0.15) is 11.3 Å². The summed E-state index contributed by atoms with van der Waals surface area (Å²) in [7, 11) is 0. The molecule has 0 amide bonds. The topological polar surface area (TPSA) is 25.2 Å². The Kier molecular flexibility index (Phi) is 3.76. The van der Waals surface area contributed by atoms with Gasteiger partial charge in [-0.3, -0.25) is 0 Å². The van der Waals surface area contributed by atoms with Crippen LogP contribution in [0, 0.1) is 6.92 Å². The summed E-state index contributed by atoms with van der Waals surface area (Å²) >= 11 is 0. The van der Waals surface area contributed by atoms with Crippen LogP contribution in [-0.2, 0) is 0 Å². The number of aryl methyl sites for hydroxylation is 1. The lowest BCUT2D eigenvalue weighted by atomic mass is 9.97. The zero-order chi connectivity index (χ0) is 13.3. The number of hydrogen-bond donors (Lipinski definition) is 1. The van der Waals surface area contributed by atoms with Crippen LogP contribution in [0.2, 0.25) is 0 Å². The summed E-state index contributed by atoms with van der Waals surface area (Å²) < 4.78 is 6.04. The Labute approximate surface area is 109 Å². The van der Waals surface area contributed by atoms with E-state index in [-0.39, 0.29) is 6.04 Å². The van der Waals surface area contributed by atoms with Crippen LogP contribution >= 0.6 is 0 Å². The Bertz CT molecular complexity index is 539. The summed E-state index contributed by atoms with van der Waals surface area (Å²) in [5.41, 5.74) is 3.62. The van der Waals surface area contributed by atoms with E-state index in [9.17, 15) is 0 Å². The zero-order valence-electron chi connectivity index (χ0n) is 12.0. The summed E-state index contributed by atoms with van der Waals surface area (Å²) in [5.74, 6) is 1.55. The monoisotopic (exact) mass is 245 g/mol. The minimum Gasteiger partial charge on any atom is -0.459 e. The van der Waals surface area contributed by atoms with E-state index in [0.29, 0.717) is 5.92 Å². The third-order valence-electron chi connectivity index (χ3n) is 3.49. The van der Waals surface area contributed by atoms with E-state index in [1.54, 1.807) is 0 Å². The van der Waals surface area contributed by atoms with Crippen LogP contribution in [0.15, 0.2) is 22.6 Å². The molecule has 2 rings (SSSR count). The van der Waals surface area contributed by atoms with Crippen molar-refractivity contribution in [3.63, 3.8) is 0 Å². The molecule has 1 aromatic heterocycles. The van der Waals surface area contributed by atoms with Gasteiger partial charge in [-0.05, 0) is 43.5 Å². The largest absolute Gasteiger partial charge is 0.459 e. The van der Waals surface area contributed by atoms with E-state index in [2.05, 4.69) is 58.1 Å². The summed E-state index contributed by atoms with van der Waals surface area (Å²) in [6.45, 7) is 11.8. The fourth-order valence-corrected chi connectivity index (χ4v) is 2.42. The van der Waals surface area contributed by atoms with Gasteiger partial charge in [-0.1, -0.05) is 32.9 Å². The standard InChI is InChI=1S/C16H23NO/c1-6-17-12(5)15-9-14-13(10(2)3)8-7-11(4)16(14)18-15/h7-10,12,17H,6H2,1-5H3. The molecule has 0 fully saturated rings. The average Bonchev–Trinajstić information content (AvgIpc) is 2.75. The first-order chi connectivity index (χ1) is 8.54. The van der Waals surface area contributed by atoms with Crippen molar-refractivity contribution < 1.29 is 4.42 Å². The Morgan fingerprint density at radius 3 is 2.56 bits per heavy atom. The van der Waals surface area contributed by atoms with Crippen molar-refractivity contribution in [1.82, 2.24) is 5.32 Å². The molecule has 2 nitrogen and oxygen atoms in total. The molecule has 2 aromatic rings. The second-order valence-corrected chi connectivity index (χ2v) is 5.30. The Morgan fingerprint density at radius 1 is 1.22 bits per heavy atom. The SMILES string of the molecule is CCNC(C)c1cc2c(C(C)C)ccc(C)c2o1. The van der Waals surface area contributed by atoms with Crippen LogP contribution in [0.5, 0.6) is 0 Å². The quantitative estimate of drug-likeness (QED) is 0.855. The Hall–Kier alpha value is -1.28. The molecule has 0 radical (unpaired) electrons. The number of benzene rings is 1. The smallest absolute Gasteiger partial charge is 0.137 e. The maximum absolute atomic E-state index is 6.04. The van der Waals surface area contributed by atoms with Gasteiger partial charge in [-0.15, -0.1) is 0 Å². The Balaban J connectivity index is 2.55. The predicted octanol–water partition coefficient (Wildman–Crippen LogP) is 4.54. The first-order valence-electron chi connectivity index (χ1n) is 6.81. The molecule has 0 aliphatic rings. The first-order valence-corrected chi connectivity index (χ1v) is 6.81. The number of nitrogens with one attached hydrogen (secondary N) is 1. The molecule has 0 spiro atoms. The van der Waals surface area contributed by atoms with Gasteiger partial charge in [0.05, 0.1) is 6.04 Å². The van der Waals surface area contributed by atoms with Crippen molar-refractivity contribution in [3.8, 4) is 0 Å². The minimum atomic E-state index is 0.266. The molecule has 0 aliphatic carbocycles. The van der Waals surface area contributed by atoms with Crippen LogP contribution in [-0.4, -0.2) is 6.54 Å².